The number of aromatic nitrogens is 5. The highest BCUT2D eigenvalue weighted by Crippen LogP contribution is 2.20. The fourth-order valence-electron chi connectivity index (χ4n) is 2.36. The van der Waals surface area contributed by atoms with Crippen molar-refractivity contribution in [1.29, 1.82) is 0 Å². The molecule has 0 aliphatic heterocycles. The van der Waals surface area contributed by atoms with Gasteiger partial charge in [0.1, 0.15) is 0 Å². The van der Waals surface area contributed by atoms with Gasteiger partial charge < -0.3 is 10.7 Å². The molecule has 3 aromatic heterocycles. The van der Waals surface area contributed by atoms with Crippen LogP contribution < -0.4 is 11.2 Å². The Balaban J connectivity index is 1.65. The van der Waals surface area contributed by atoms with E-state index in [1.54, 1.807) is 6.21 Å². The highest BCUT2D eigenvalue weighted by atomic mass is 16.6. The number of hydrogen-bond acceptors (Lipinski definition) is 8. The number of aryl methyl sites for hydroxylation is 1. The van der Waals surface area contributed by atoms with Gasteiger partial charge in [-0.15, -0.1) is 0 Å². The summed E-state index contributed by atoms with van der Waals surface area (Å²) < 4.78 is 4.55. The van der Waals surface area contributed by atoms with Gasteiger partial charge >= 0.3 is 0 Å². The number of hydrogen-bond donors (Lipinski definition) is 3. The molecule has 0 atom stereocenters. The lowest BCUT2D eigenvalue weighted by Gasteiger charge is -2.01. The van der Waals surface area contributed by atoms with E-state index in [4.69, 9.17) is 5.73 Å². The van der Waals surface area contributed by atoms with Crippen molar-refractivity contribution in [3.8, 4) is 0 Å². The summed E-state index contributed by atoms with van der Waals surface area (Å²) in [4.78, 5) is 11.5. The number of nitrogens with zero attached hydrogens (tertiary/aromatic N) is 5. The largest absolute Gasteiger partial charge is 0.380 e. The zero-order valence-corrected chi connectivity index (χ0v) is 12.1. The molecule has 0 bridgehead atoms. The third-order valence-corrected chi connectivity index (χ3v) is 3.45. The highest BCUT2D eigenvalue weighted by molar-refractivity contribution is 6.00. The number of hydrazone groups is 1. The van der Waals surface area contributed by atoms with Crippen molar-refractivity contribution in [3.63, 3.8) is 0 Å². The topological polar surface area (TPSA) is 131 Å². The molecule has 0 unspecified atom stereocenters. The first kappa shape index (κ1) is 13.2. The Hall–Kier alpha value is -3.49. The van der Waals surface area contributed by atoms with Crippen LogP contribution >= 0.6 is 0 Å². The van der Waals surface area contributed by atoms with Crippen LogP contribution in [0.3, 0.4) is 0 Å². The molecule has 4 aromatic rings. The summed E-state index contributed by atoms with van der Waals surface area (Å²) in [5.41, 5.74) is 12.2. The summed E-state index contributed by atoms with van der Waals surface area (Å²) in [5, 5.41) is 12.5. The summed E-state index contributed by atoms with van der Waals surface area (Å²) in [6.07, 6.45) is 1.71. The van der Waals surface area contributed by atoms with Crippen LogP contribution in [0, 0.1) is 6.92 Å². The van der Waals surface area contributed by atoms with Gasteiger partial charge in [-0.1, -0.05) is 18.2 Å². The maximum absolute atomic E-state index is 5.80. The minimum atomic E-state index is 0.168. The normalized spacial score (nSPS) is 11.7. The van der Waals surface area contributed by atoms with Gasteiger partial charge in [-0.2, -0.15) is 10.1 Å². The molecule has 9 heteroatoms. The molecule has 0 saturated heterocycles. The molecule has 3 heterocycles. The van der Waals surface area contributed by atoms with Gasteiger partial charge in [0.2, 0.25) is 11.3 Å². The maximum Gasteiger partial charge on any atom is 0.245 e. The Bertz CT molecular complexity index is 1030. The van der Waals surface area contributed by atoms with E-state index in [0.29, 0.717) is 5.82 Å². The van der Waals surface area contributed by atoms with Gasteiger partial charge in [-0.05, 0) is 23.3 Å². The minimum Gasteiger partial charge on any atom is -0.380 e. The number of fused-ring (bicyclic) bond motifs is 2. The van der Waals surface area contributed by atoms with Crippen molar-refractivity contribution >= 4 is 40.0 Å². The van der Waals surface area contributed by atoms with Crippen LogP contribution in [0.1, 0.15) is 11.3 Å². The number of benzene rings is 1. The van der Waals surface area contributed by atoms with Crippen LogP contribution in [0.2, 0.25) is 0 Å². The highest BCUT2D eigenvalue weighted by Gasteiger charge is 2.10. The van der Waals surface area contributed by atoms with E-state index in [0.717, 1.165) is 22.2 Å². The molecule has 0 aliphatic carbocycles. The van der Waals surface area contributed by atoms with Crippen LogP contribution in [0.5, 0.6) is 0 Å². The number of nitrogen functional groups attached to an aromatic ring is 1. The van der Waals surface area contributed by atoms with E-state index in [9.17, 15) is 0 Å². The smallest absolute Gasteiger partial charge is 0.245 e. The Morgan fingerprint density at radius 3 is 2.87 bits per heavy atom. The Morgan fingerprint density at radius 1 is 1.22 bits per heavy atom. The van der Waals surface area contributed by atoms with Crippen molar-refractivity contribution in [2.45, 2.75) is 6.92 Å². The molecule has 4 N–H and O–H groups in total. The molecular weight excluding hydrogens is 296 g/mol. The number of rotatable bonds is 3. The SMILES string of the molecule is Cc1[nH]c2ccccc2c1/C=N\Nc1nc2nonc2nc1N. The summed E-state index contributed by atoms with van der Waals surface area (Å²) >= 11 is 0. The van der Waals surface area contributed by atoms with E-state index < -0.39 is 0 Å². The first-order valence-corrected chi connectivity index (χ1v) is 6.84. The van der Waals surface area contributed by atoms with Gasteiger partial charge in [-0.3, -0.25) is 5.43 Å². The van der Waals surface area contributed by atoms with Crippen molar-refractivity contribution in [1.82, 2.24) is 25.3 Å². The average Bonchev–Trinajstić information content (AvgIpc) is 3.11. The molecule has 0 amide bonds. The quantitative estimate of drug-likeness (QED) is 0.388. The van der Waals surface area contributed by atoms with Crippen molar-refractivity contribution in [2.24, 2.45) is 5.10 Å². The Kier molecular flexibility index (Phi) is 2.90. The molecule has 1 aromatic carbocycles. The first-order valence-electron chi connectivity index (χ1n) is 6.84. The van der Waals surface area contributed by atoms with Crippen molar-refractivity contribution in [3.05, 3.63) is 35.5 Å². The fourth-order valence-corrected chi connectivity index (χ4v) is 2.36. The van der Waals surface area contributed by atoms with E-state index in [2.05, 4.69) is 40.4 Å². The van der Waals surface area contributed by atoms with Gasteiger partial charge in [-0.25, -0.2) is 9.61 Å². The third-order valence-electron chi connectivity index (χ3n) is 3.45. The van der Waals surface area contributed by atoms with Crippen molar-refractivity contribution in [2.75, 3.05) is 11.2 Å². The van der Waals surface area contributed by atoms with E-state index >= 15 is 0 Å². The predicted molar refractivity (Wildman–Crippen MR) is 86.1 cm³/mol. The molecule has 0 spiro atoms. The Labute approximate surface area is 129 Å². The summed E-state index contributed by atoms with van der Waals surface area (Å²) in [7, 11) is 0. The summed E-state index contributed by atoms with van der Waals surface area (Å²) in [6, 6.07) is 8.01. The molecule has 0 fully saturated rings. The summed E-state index contributed by atoms with van der Waals surface area (Å²) in [5.74, 6) is 0.461. The zero-order valence-electron chi connectivity index (χ0n) is 12.1. The average molecular weight is 308 g/mol. The third kappa shape index (κ3) is 2.24. The predicted octanol–water partition coefficient (Wildman–Crippen LogP) is 1.83. The molecular formula is C14H12N8O. The number of H-pyrrole nitrogens is 1. The lowest BCUT2D eigenvalue weighted by atomic mass is 10.1. The Morgan fingerprint density at radius 2 is 2.00 bits per heavy atom. The van der Waals surface area contributed by atoms with E-state index in [-0.39, 0.29) is 17.1 Å². The monoisotopic (exact) mass is 308 g/mol. The van der Waals surface area contributed by atoms with Gasteiger partial charge in [0, 0.05) is 22.2 Å². The van der Waals surface area contributed by atoms with E-state index in [1.807, 2.05) is 31.2 Å². The first-order chi connectivity index (χ1) is 11.2. The molecule has 9 nitrogen and oxygen atoms in total. The molecule has 0 saturated carbocycles. The molecule has 23 heavy (non-hydrogen) atoms. The van der Waals surface area contributed by atoms with Gasteiger partial charge in [0.05, 0.1) is 6.21 Å². The lowest BCUT2D eigenvalue weighted by molar-refractivity contribution is 0.314. The summed E-state index contributed by atoms with van der Waals surface area (Å²) in [6.45, 7) is 1.99. The van der Waals surface area contributed by atoms with Gasteiger partial charge in [0.15, 0.2) is 11.6 Å². The minimum absolute atomic E-state index is 0.168. The second kappa shape index (κ2) is 5.05. The van der Waals surface area contributed by atoms with Crippen molar-refractivity contribution < 1.29 is 4.63 Å². The zero-order chi connectivity index (χ0) is 15.8. The second-order valence-electron chi connectivity index (χ2n) is 4.95. The van der Waals surface area contributed by atoms with E-state index in [1.165, 1.54) is 0 Å². The fraction of sp³-hybridized carbons (Fsp3) is 0.0714. The standard InChI is InChI=1S/C14H12N8O/c1-7-9(8-4-2-3-5-10(8)17-7)6-16-20-12-11(15)18-13-14(19-12)22-23-21-13/h2-6,17H,1H3,(H2,15,18,21)(H,19,20,22)/b16-6-. The number of anilines is 2. The van der Waals surface area contributed by atoms with Crippen LogP contribution in [0.25, 0.3) is 22.2 Å². The lowest BCUT2D eigenvalue weighted by Crippen LogP contribution is -2.02. The van der Waals surface area contributed by atoms with Crippen LogP contribution in [-0.2, 0) is 0 Å². The number of aromatic amines is 1. The molecule has 0 aliphatic rings. The van der Waals surface area contributed by atoms with Crippen LogP contribution in [0.15, 0.2) is 34.0 Å². The molecule has 4 rings (SSSR count). The van der Waals surface area contributed by atoms with Crippen LogP contribution in [0.4, 0.5) is 11.6 Å². The number of nitrogens with one attached hydrogen (secondary N) is 2. The molecule has 0 radical (unpaired) electrons. The molecule has 114 valence electrons. The number of nitrogens with two attached hydrogens (primary N) is 1. The number of para-hydroxylation sites is 1. The second-order valence-corrected chi connectivity index (χ2v) is 4.95. The maximum atomic E-state index is 5.80. The van der Waals surface area contributed by atoms with Gasteiger partial charge in [0.25, 0.3) is 0 Å². The van der Waals surface area contributed by atoms with Crippen LogP contribution in [-0.4, -0.2) is 31.5 Å².